The Balaban J connectivity index is 0.00000169. The van der Waals surface area contributed by atoms with Gasteiger partial charge in [-0.3, -0.25) is 0 Å². The van der Waals surface area contributed by atoms with Crippen molar-refractivity contribution in [3.05, 3.63) is 34.3 Å². The molecule has 1 nitrogen and oxygen atoms in total. The Morgan fingerprint density at radius 2 is 1.71 bits per heavy atom. The average molecular weight is 287 g/mol. The molecule has 1 rings (SSSR count). The fraction of sp³-hybridized carbons (Fsp3) is 0.333. The van der Waals surface area contributed by atoms with Gasteiger partial charge in [-0.1, -0.05) is 28.1 Å². The highest BCUT2D eigenvalue weighted by Crippen LogP contribution is 2.31. The zero-order valence-corrected chi connectivity index (χ0v) is 9.91. The van der Waals surface area contributed by atoms with Crippen LogP contribution >= 0.6 is 28.3 Å². The summed E-state index contributed by atoms with van der Waals surface area (Å²) in [5, 5.41) is 0. The molecule has 14 heavy (non-hydrogen) atoms. The molecule has 1 atom stereocenters. The van der Waals surface area contributed by atoms with Crippen LogP contribution in [0.15, 0.2) is 28.7 Å². The maximum atomic E-state index is 13.3. The third-order valence-electron chi connectivity index (χ3n) is 1.80. The van der Waals surface area contributed by atoms with Gasteiger partial charge in [-0.05, 0) is 19.1 Å². The number of rotatable bonds is 2. The van der Waals surface area contributed by atoms with Gasteiger partial charge < -0.3 is 5.73 Å². The van der Waals surface area contributed by atoms with Crippen molar-refractivity contribution in [1.29, 1.82) is 0 Å². The zero-order valence-electron chi connectivity index (χ0n) is 7.51. The summed E-state index contributed by atoms with van der Waals surface area (Å²) in [5.41, 5.74) is 5.13. The van der Waals surface area contributed by atoms with E-state index in [4.69, 9.17) is 5.73 Å². The van der Waals surface area contributed by atoms with Crippen LogP contribution in [-0.4, -0.2) is 6.04 Å². The maximum Gasteiger partial charge on any atom is 0.287 e. The van der Waals surface area contributed by atoms with E-state index in [1.807, 2.05) is 0 Å². The summed E-state index contributed by atoms with van der Waals surface area (Å²) < 4.78 is 27.3. The van der Waals surface area contributed by atoms with E-state index in [0.717, 1.165) is 4.47 Å². The van der Waals surface area contributed by atoms with Gasteiger partial charge in [0.15, 0.2) is 0 Å². The molecule has 0 aliphatic rings. The molecule has 0 fully saturated rings. The van der Waals surface area contributed by atoms with E-state index in [1.165, 1.54) is 19.1 Å². The Bertz CT molecular complexity index is 287. The van der Waals surface area contributed by atoms with Gasteiger partial charge in [-0.2, -0.15) is 8.78 Å². The summed E-state index contributed by atoms with van der Waals surface area (Å²) >= 11 is 3.17. The van der Waals surface area contributed by atoms with Gasteiger partial charge in [0.2, 0.25) is 0 Å². The zero-order chi connectivity index (χ0) is 10.1. The lowest BCUT2D eigenvalue weighted by Gasteiger charge is -2.20. The molecular formula is C9H11BrClF2N. The molecule has 1 unspecified atom stereocenters. The maximum absolute atomic E-state index is 13.3. The van der Waals surface area contributed by atoms with Gasteiger partial charge in [0.05, 0.1) is 6.04 Å². The number of benzene rings is 1. The quantitative estimate of drug-likeness (QED) is 0.887. The molecule has 0 amide bonds. The highest BCUT2D eigenvalue weighted by atomic mass is 79.9. The standard InChI is InChI=1S/C9H10BrF2N.ClH/c1-6(13)9(11,12)7-2-4-8(10)5-3-7;/h2-6H,13H2,1H3;1H. The van der Waals surface area contributed by atoms with Crippen molar-refractivity contribution in [2.75, 3.05) is 0 Å². The lowest BCUT2D eigenvalue weighted by atomic mass is 10.0. The minimum absolute atomic E-state index is 0. The molecule has 0 radical (unpaired) electrons. The second-order valence-electron chi connectivity index (χ2n) is 2.92. The molecule has 1 aromatic carbocycles. The van der Waals surface area contributed by atoms with Gasteiger partial charge in [0, 0.05) is 10.0 Å². The normalized spacial score (nSPS) is 13.2. The van der Waals surface area contributed by atoms with E-state index in [1.54, 1.807) is 12.1 Å². The number of hydrogen-bond donors (Lipinski definition) is 1. The molecule has 0 saturated carbocycles. The molecule has 80 valence electrons. The van der Waals surface area contributed by atoms with Crippen molar-refractivity contribution in [1.82, 2.24) is 0 Å². The number of alkyl halides is 2. The SMILES string of the molecule is CC(N)C(F)(F)c1ccc(Br)cc1.Cl. The third kappa shape index (κ3) is 2.90. The minimum atomic E-state index is -2.96. The van der Waals surface area contributed by atoms with Crippen molar-refractivity contribution in [3.8, 4) is 0 Å². The Morgan fingerprint density at radius 3 is 2.07 bits per heavy atom. The molecule has 0 aliphatic heterocycles. The van der Waals surface area contributed by atoms with E-state index < -0.39 is 12.0 Å². The molecule has 0 aliphatic carbocycles. The van der Waals surface area contributed by atoms with Gasteiger partial charge in [-0.25, -0.2) is 0 Å². The van der Waals surface area contributed by atoms with E-state index >= 15 is 0 Å². The van der Waals surface area contributed by atoms with Gasteiger partial charge in [0.25, 0.3) is 5.92 Å². The van der Waals surface area contributed by atoms with Crippen molar-refractivity contribution in [2.24, 2.45) is 5.73 Å². The van der Waals surface area contributed by atoms with Crippen LogP contribution in [0.3, 0.4) is 0 Å². The van der Waals surface area contributed by atoms with Crippen LogP contribution in [0.5, 0.6) is 0 Å². The van der Waals surface area contributed by atoms with Crippen LogP contribution in [0, 0.1) is 0 Å². The van der Waals surface area contributed by atoms with Crippen LogP contribution < -0.4 is 5.73 Å². The third-order valence-corrected chi connectivity index (χ3v) is 2.33. The largest absolute Gasteiger partial charge is 0.323 e. The lowest BCUT2D eigenvalue weighted by molar-refractivity contribution is -0.0256. The first-order valence-electron chi connectivity index (χ1n) is 3.84. The van der Waals surface area contributed by atoms with Crippen molar-refractivity contribution in [2.45, 2.75) is 18.9 Å². The minimum Gasteiger partial charge on any atom is -0.323 e. The van der Waals surface area contributed by atoms with Crippen LogP contribution in [-0.2, 0) is 5.92 Å². The summed E-state index contributed by atoms with van der Waals surface area (Å²) in [4.78, 5) is 0. The first-order valence-corrected chi connectivity index (χ1v) is 4.63. The first kappa shape index (κ1) is 13.8. The highest BCUT2D eigenvalue weighted by Gasteiger charge is 2.35. The highest BCUT2D eigenvalue weighted by molar-refractivity contribution is 9.10. The van der Waals surface area contributed by atoms with Gasteiger partial charge in [0.1, 0.15) is 0 Å². The second kappa shape index (κ2) is 5.05. The van der Waals surface area contributed by atoms with E-state index in [-0.39, 0.29) is 18.0 Å². The summed E-state index contributed by atoms with van der Waals surface area (Å²) in [6.45, 7) is 1.29. The fourth-order valence-corrected chi connectivity index (χ4v) is 1.20. The predicted octanol–water partition coefficient (Wildman–Crippen LogP) is 3.31. The topological polar surface area (TPSA) is 26.0 Å². The van der Waals surface area contributed by atoms with Gasteiger partial charge in [-0.15, -0.1) is 12.4 Å². The molecule has 2 N–H and O–H groups in total. The van der Waals surface area contributed by atoms with Crippen LogP contribution in [0.4, 0.5) is 8.78 Å². The Kier molecular flexibility index (Phi) is 4.98. The molecule has 0 spiro atoms. The fourth-order valence-electron chi connectivity index (χ4n) is 0.935. The average Bonchev–Trinajstić information content (AvgIpc) is 2.04. The van der Waals surface area contributed by atoms with Crippen LogP contribution in [0.25, 0.3) is 0 Å². The van der Waals surface area contributed by atoms with Crippen LogP contribution in [0.2, 0.25) is 0 Å². The predicted molar refractivity (Wildman–Crippen MR) is 58.9 cm³/mol. The Labute approximate surface area is 96.2 Å². The summed E-state index contributed by atoms with van der Waals surface area (Å²) in [6.07, 6.45) is 0. The molecule has 5 heteroatoms. The number of nitrogens with two attached hydrogens (primary N) is 1. The Morgan fingerprint density at radius 1 is 1.29 bits per heavy atom. The smallest absolute Gasteiger partial charge is 0.287 e. The van der Waals surface area contributed by atoms with E-state index in [2.05, 4.69) is 15.9 Å². The summed E-state index contributed by atoms with van der Waals surface area (Å²) in [7, 11) is 0. The van der Waals surface area contributed by atoms with Crippen LogP contribution in [0.1, 0.15) is 12.5 Å². The first-order chi connectivity index (χ1) is 5.94. The second-order valence-corrected chi connectivity index (χ2v) is 3.83. The van der Waals surface area contributed by atoms with Crippen molar-refractivity contribution >= 4 is 28.3 Å². The number of halogens is 4. The number of hydrogen-bond acceptors (Lipinski definition) is 1. The Hall–Kier alpha value is -0.190. The molecule has 0 saturated heterocycles. The molecule has 1 aromatic rings. The summed E-state index contributed by atoms with van der Waals surface area (Å²) in [5.74, 6) is -2.96. The summed E-state index contributed by atoms with van der Waals surface area (Å²) in [6, 6.07) is 4.71. The van der Waals surface area contributed by atoms with E-state index in [0.29, 0.717) is 0 Å². The monoisotopic (exact) mass is 285 g/mol. The van der Waals surface area contributed by atoms with Crippen molar-refractivity contribution in [3.63, 3.8) is 0 Å². The van der Waals surface area contributed by atoms with Crippen molar-refractivity contribution < 1.29 is 8.78 Å². The lowest BCUT2D eigenvalue weighted by Crippen LogP contribution is -2.35. The van der Waals surface area contributed by atoms with E-state index in [9.17, 15) is 8.78 Å². The molecule has 0 heterocycles. The van der Waals surface area contributed by atoms with Gasteiger partial charge >= 0.3 is 0 Å². The molecular weight excluding hydrogens is 275 g/mol. The molecule has 0 aromatic heterocycles. The molecule has 0 bridgehead atoms.